The minimum atomic E-state index is -0.559. The summed E-state index contributed by atoms with van der Waals surface area (Å²) in [4.78, 5) is 17.2. The van der Waals surface area contributed by atoms with Crippen LogP contribution in [0.25, 0.3) is 0 Å². The first kappa shape index (κ1) is 21.5. The van der Waals surface area contributed by atoms with Crippen LogP contribution in [0.1, 0.15) is 28.8 Å². The molecule has 6 heteroatoms. The summed E-state index contributed by atoms with van der Waals surface area (Å²) < 4.78 is 27.9. The molecule has 0 radical (unpaired) electrons. The van der Waals surface area contributed by atoms with Gasteiger partial charge in [-0.25, -0.2) is 8.78 Å². The molecule has 4 rings (SSSR count). The number of hydrogen-bond acceptors (Lipinski definition) is 2. The normalized spacial score (nSPS) is 15.1. The Morgan fingerprint density at radius 2 is 1.58 bits per heavy atom. The molecule has 3 aromatic rings. The van der Waals surface area contributed by atoms with Crippen molar-refractivity contribution in [1.82, 2.24) is 4.90 Å². The fraction of sp³-hybridized carbons (Fsp3) is 0.240. The molecule has 0 unspecified atom stereocenters. The highest BCUT2D eigenvalue weighted by Gasteiger charge is 2.31. The van der Waals surface area contributed by atoms with Crippen molar-refractivity contribution in [2.24, 2.45) is 0 Å². The molecule has 31 heavy (non-hydrogen) atoms. The van der Waals surface area contributed by atoms with Gasteiger partial charge in [-0.2, -0.15) is 0 Å². The van der Waals surface area contributed by atoms with Gasteiger partial charge < -0.3 is 4.90 Å². The Morgan fingerprint density at radius 3 is 2.26 bits per heavy atom. The van der Waals surface area contributed by atoms with Gasteiger partial charge in [-0.15, -0.1) is 0 Å². The number of halogens is 3. The maximum absolute atomic E-state index is 14.4. The van der Waals surface area contributed by atoms with Gasteiger partial charge in [-0.3, -0.25) is 9.69 Å². The number of carbonyl (C=O) groups is 1. The van der Waals surface area contributed by atoms with E-state index in [1.165, 1.54) is 24.3 Å². The third-order valence-electron chi connectivity index (χ3n) is 5.70. The number of likely N-dealkylation sites (tertiary alicyclic amines) is 1. The molecule has 160 valence electrons. The first-order chi connectivity index (χ1) is 15.0. The third kappa shape index (κ3) is 4.94. The lowest BCUT2D eigenvalue weighted by molar-refractivity contribution is 0.0954. The second-order valence-corrected chi connectivity index (χ2v) is 8.14. The third-order valence-corrected chi connectivity index (χ3v) is 6.07. The highest BCUT2D eigenvalue weighted by molar-refractivity contribution is 6.31. The largest absolute Gasteiger partial charge is 0.305 e. The number of benzene rings is 3. The quantitative estimate of drug-likeness (QED) is 0.491. The Hall–Kier alpha value is -2.76. The molecular weight excluding hydrogens is 418 g/mol. The standard InChI is InChI=1S/C25H23ClF2N2O/c26-23-7-3-1-5-18(23)17-29-15-13-21(14-16-29)30(20-11-9-19(27)10-12-20)25(31)22-6-2-4-8-24(22)28/h1-12,21H,13-17H2. The monoisotopic (exact) mass is 440 g/mol. The van der Waals surface area contributed by atoms with E-state index in [1.54, 1.807) is 29.2 Å². The Labute approximate surface area is 185 Å². The molecule has 3 aromatic carbocycles. The molecule has 0 aromatic heterocycles. The van der Waals surface area contributed by atoms with E-state index in [1.807, 2.05) is 24.3 Å². The Balaban J connectivity index is 1.54. The van der Waals surface area contributed by atoms with E-state index >= 15 is 0 Å². The van der Waals surface area contributed by atoms with Crippen molar-refractivity contribution in [2.75, 3.05) is 18.0 Å². The number of carbonyl (C=O) groups excluding carboxylic acids is 1. The van der Waals surface area contributed by atoms with Crippen LogP contribution in [0.3, 0.4) is 0 Å². The van der Waals surface area contributed by atoms with Crippen LogP contribution in [-0.4, -0.2) is 29.9 Å². The van der Waals surface area contributed by atoms with Crippen molar-refractivity contribution in [1.29, 1.82) is 0 Å². The maximum Gasteiger partial charge on any atom is 0.261 e. The van der Waals surface area contributed by atoms with Crippen LogP contribution in [0.5, 0.6) is 0 Å². The van der Waals surface area contributed by atoms with Crippen molar-refractivity contribution in [2.45, 2.75) is 25.4 Å². The summed E-state index contributed by atoms with van der Waals surface area (Å²) in [6, 6.07) is 19.4. The minimum absolute atomic E-state index is 0.0188. The second-order valence-electron chi connectivity index (χ2n) is 7.73. The van der Waals surface area contributed by atoms with E-state index in [2.05, 4.69) is 4.90 Å². The molecule has 1 fully saturated rings. The first-order valence-electron chi connectivity index (χ1n) is 10.3. The molecule has 1 amide bonds. The van der Waals surface area contributed by atoms with Crippen molar-refractivity contribution < 1.29 is 13.6 Å². The number of rotatable bonds is 5. The van der Waals surface area contributed by atoms with Gasteiger partial charge in [0.2, 0.25) is 0 Å². The van der Waals surface area contributed by atoms with E-state index in [9.17, 15) is 13.6 Å². The Kier molecular flexibility index (Phi) is 6.64. The average Bonchev–Trinajstić information content (AvgIpc) is 2.78. The van der Waals surface area contributed by atoms with Crippen LogP contribution >= 0.6 is 11.6 Å². The van der Waals surface area contributed by atoms with Gasteiger partial charge in [-0.05, 0) is 60.9 Å². The predicted molar refractivity (Wildman–Crippen MR) is 119 cm³/mol. The van der Waals surface area contributed by atoms with Gasteiger partial charge in [0.1, 0.15) is 11.6 Å². The molecule has 1 saturated heterocycles. The fourth-order valence-corrected chi connectivity index (χ4v) is 4.26. The van der Waals surface area contributed by atoms with Gasteiger partial charge in [0, 0.05) is 36.4 Å². The smallest absolute Gasteiger partial charge is 0.261 e. The number of hydrogen-bond donors (Lipinski definition) is 0. The van der Waals surface area contributed by atoms with E-state index < -0.39 is 11.7 Å². The molecule has 1 aliphatic heterocycles. The fourth-order valence-electron chi connectivity index (χ4n) is 4.06. The van der Waals surface area contributed by atoms with Crippen LogP contribution in [0.15, 0.2) is 72.8 Å². The molecule has 0 spiro atoms. The van der Waals surface area contributed by atoms with Crippen LogP contribution in [-0.2, 0) is 6.54 Å². The first-order valence-corrected chi connectivity index (χ1v) is 10.7. The lowest BCUT2D eigenvalue weighted by Crippen LogP contribution is -2.47. The molecule has 1 aliphatic rings. The van der Waals surface area contributed by atoms with Crippen LogP contribution in [0.4, 0.5) is 14.5 Å². The summed E-state index contributed by atoms with van der Waals surface area (Å²) in [5.74, 6) is -1.35. The average molecular weight is 441 g/mol. The van der Waals surface area contributed by atoms with Crippen molar-refractivity contribution >= 4 is 23.2 Å². The molecule has 1 heterocycles. The van der Waals surface area contributed by atoms with Crippen molar-refractivity contribution in [3.8, 4) is 0 Å². The summed E-state index contributed by atoms with van der Waals surface area (Å²) in [7, 11) is 0. The highest BCUT2D eigenvalue weighted by atomic mass is 35.5. The van der Waals surface area contributed by atoms with Crippen LogP contribution in [0.2, 0.25) is 5.02 Å². The van der Waals surface area contributed by atoms with E-state index in [-0.39, 0.29) is 17.4 Å². The summed E-state index contributed by atoms with van der Waals surface area (Å²) in [6.07, 6.45) is 1.45. The van der Waals surface area contributed by atoms with E-state index in [0.29, 0.717) is 5.69 Å². The summed E-state index contributed by atoms with van der Waals surface area (Å²) in [6.45, 7) is 2.29. The van der Waals surface area contributed by atoms with E-state index in [4.69, 9.17) is 11.6 Å². The number of nitrogens with zero attached hydrogens (tertiary/aromatic N) is 2. The molecule has 3 nitrogen and oxygen atoms in total. The molecule has 0 N–H and O–H groups in total. The zero-order chi connectivity index (χ0) is 21.8. The summed E-state index contributed by atoms with van der Waals surface area (Å²) in [5, 5.41) is 0.743. The zero-order valence-corrected chi connectivity index (χ0v) is 17.7. The number of amides is 1. The van der Waals surface area contributed by atoms with Crippen molar-refractivity contribution in [3.63, 3.8) is 0 Å². The molecule has 0 aliphatic carbocycles. The van der Waals surface area contributed by atoms with Gasteiger partial charge in [-0.1, -0.05) is 41.9 Å². The van der Waals surface area contributed by atoms with Gasteiger partial charge in [0.25, 0.3) is 5.91 Å². The van der Waals surface area contributed by atoms with Crippen molar-refractivity contribution in [3.05, 3.63) is 101 Å². The zero-order valence-electron chi connectivity index (χ0n) is 17.0. The lowest BCUT2D eigenvalue weighted by Gasteiger charge is -2.38. The SMILES string of the molecule is O=C(c1ccccc1F)N(c1ccc(F)cc1)C1CCN(Cc2ccccc2Cl)CC1. The minimum Gasteiger partial charge on any atom is -0.305 e. The van der Waals surface area contributed by atoms with Gasteiger partial charge >= 0.3 is 0 Å². The van der Waals surface area contributed by atoms with Gasteiger partial charge in [0.15, 0.2) is 0 Å². The maximum atomic E-state index is 14.4. The molecule has 0 atom stereocenters. The van der Waals surface area contributed by atoms with E-state index in [0.717, 1.165) is 43.1 Å². The highest BCUT2D eigenvalue weighted by Crippen LogP contribution is 2.28. The van der Waals surface area contributed by atoms with Crippen LogP contribution < -0.4 is 4.90 Å². The molecule has 0 saturated carbocycles. The Bertz CT molecular complexity index is 1050. The second kappa shape index (κ2) is 9.58. The predicted octanol–water partition coefficient (Wildman–Crippen LogP) is 5.93. The van der Waals surface area contributed by atoms with Crippen LogP contribution in [0, 0.1) is 11.6 Å². The number of piperidine rings is 1. The summed E-state index contributed by atoms with van der Waals surface area (Å²) >= 11 is 6.29. The van der Waals surface area contributed by atoms with Gasteiger partial charge in [0.05, 0.1) is 5.56 Å². The summed E-state index contributed by atoms with van der Waals surface area (Å²) in [5.41, 5.74) is 1.66. The lowest BCUT2D eigenvalue weighted by atomic mass is 10.00. The molecule has 0 bridgehead atoms. The Morgan fingerprint density at radius 1 is 0.935 bits per heavy atom. The number of anilines is 1. The topological polar surface area (TPSA) is 23.6 Å². The molecular formula is C25H23ClF2N2O.